The maximum absolute atomic E-state index is 12.1. The number of fused-ring (bicyclic) bond motifs is 2. The van der Waals surface area contributed by atoms with E-state index < -0.39 is 0 Å². The summed E-state index contributed by atoms with van der Waals surface area (Å²) < 4.78 is 10.2. The summed E-state index contributed by atoms with van der Waals surface area (Å²) in [5.41, 5.74) is 1.73. The number of hydrogen-bond acceptors (Lipinski definition) is 8. The molecule has 0 saturated carbocycles. The molecule has 2 bridgehead atoms. The van der Waals surface area contributed by atoms with Crippen molar-refractivity contribution in [1.29, 1.82) is 0 Å². The van der Waals surface area contributed by atoms with E-state index in [9.17, 15) is 9.59 Å². The summed E-state index contributed by atoms with van der Waals surface area (Å²) in [6.45, 7) is 14.9. The van der Waals surface area contributed by atoms with Crippen LogP contribution in [0.1, 0.15) is 25.2 Å². The van der Waals surface area contributed by atoms with Gasteiger partial charge in [-0.3, -0.25) is 24.4 Å². The molecule has 0 amide bonds. The molecule has 2 heterocycles. The Labute approximate surface area is 178 Å². The highest BCUT2D eigenvalue weighted by molar-refractivity contribution is 5.73. The van der Waals surface area contributed by atoms with Crippen LogP contribution in [0.5, 0.6) is 0 Å². The fourth-order valence-corrected chi connectivity index (χ4v) is 3.15. The van der Waals surface area contributed by atoms with E-state index >= 15 is 0 Å². The van der Waals surface area contributed by atoms with Crippen LogP contribution in [0, 0.1) is 0 Å². The Balaban J connectivity index is 2.14. The van der Waals surface area contributed by atoms with Crippen molar-refractivity contribution in [2.75, 3.05) is 46.3 Å². The highest BCUT2D eigenvalue weighted by atomic mass is 16.5. The van der Waals surface area contributed by atoms with Crippen molar-refractivity contribution in [3.8, 4) is 0 Å². The van der Waals surface area contributed by atoms with E-state index in [4.69, 9.17) is 14.5 Å². The summed E-state index contributed by atoms with van der Waals surface area (Å²) >= 11 is 0. The fourth-order valence-electron chi connectivity index (χ4n) is 3.15. The first-order chi connectivity index (χ1) is 14.2. The number of likely N-dealkylation sites (N-methyl/N-ethyl adjacent to an activating group) is 1. The van der Waals surface area contributed by atoms with Gasteiger partial charge in [-0.1, -0.05) is 19.2 Å². The standard InChI is InChI=1S/C22H32N4O4/c1-17(2)29-21(27)15-25-11-9-24(5)10-12-26(16-22(28)30-18(3)4)14-20-8-6-7-19(13-25)23-20/h6-8H,1,3,9-16H2,2,4-5H3. The average Bonchev–Trinajstić information content (AvgIpc) is 2.62. The molecular formula is C22H32N4O4. The number of carbonyl (C=O) groups excluding carboxylic acids is 2. The Kier molecular flexibility index (Phi) is 9.16. The number of hydrogen-bond donors (Lipinski definition) is 0. The van der Waals surface area contributed by atoms with Gasteiger partial charge in [0.25, 0.3) is 0 Å². The number of nitrogens with zero attached hydrogens (tertiary/aromatic N) is 4. The van der Waals surface area contributed by atoms with E-state index in [2.05, 4.69) is 18.1 Å². The summed E-state index contributed by atoms with van der Waals surface area (Å²) in [6.07, 6.45) is 0. The summed E-state index contributed by atoms with van der Waals surface area (Å²) in [5.74, 6) is 0.125. The first-order valence-electron chi connectivity index (χ1n) is 10.0. The average molecular weight is 417 g/mol. The number of aromatic nitrogens is 1. The van der Waals surface area contributed by atoms with Gasteiger partial charge in [0.05, 0.1) is 36.0 Å². The molecule has 0 fully saturated rings. The van der Waals surface area contributed by atoms with Gasteiger partial charge in [0, 0.05) is 39.3 Å². The smallest absolute Gasteiger partial charge is 0.325 e. The molecule has 164 valence electrons. The molecule has 0 aromatic carbocycles. The van der Waals surface area contributed by atoms with Crippen LogP contribution in [0.4, 0.5) is 0 Å². The minimum atomic E-state index is -0.324. The normalized spacial score (nSPS) is 16.8. The van der Waals surface area contributed by atoms with Crippen molar-refractivity contribution in [3.63, 3.8) is 0 Å². The zero-order valence-electron chi connectivity index (χ0n) is 18.2. The number of carbonyl (C=O) groups is 2. The number of allylic oxidation sites excluding steroid dienone is 2. The van der Waals surface area contributed by atoms with Crippen molar-refractivity contribution >= 4 is 11.9 Å². The third-order valence-corrected chi connectivity index (χ3v) is 4.51. The van der Waals surface area contributed by atoms with Gasteiger partial charge in [0.1, 0.15) is 0 Å². The van der Waals surface area contributed by atoms with Crippen LogP contribution in [-0.4, -0.2) is 77.9 Å². The van der Waals surface area contributed by atoms with E-state index in [1.165, 1.54) is 0 Å². The van der Waals surface area contributed by atoms with Gasteiger partial charge >= 0.3 is 11.9 Å². The summed E-state index contributed by atoms with van der Waals surface area (Å²) in [6, 6.07) is 5.83. The Morgan fingerprint density at radius 3 is 1.73 bits per heavy atom. The Morgan fingerprint density at radius 2 is 1.33 bits per heavy atom. The van der Waals surface area contributed by atoms with Gasteiger partial charge < -0.3 is 14.4 Å². The summed E-state index contributed by atoms with van der Waals surface area (Å²) in [5, 5.41) is 0. The van der Waals surface area contributed by atoms with Crippen LogP contribution in [0.15, 0.2) is 42.9 Å². The van der Waals surface area contributed by atoms with Crippen LogP contribution < -0.4 is 0 Å². The molecule has 0 saturated heterocycles. The first-order valence-corrected chi connectivity index (χ1v) is 10.0. The molecule has 1 aliphatic rings. The minimum absolute atomic E-state index is 0.172. The lowest BCUT2D eigenvalue weighted by atomic mass is 10.2. The highest BCUT2D eigenvalue weighted by Crippen LogP contribution is 2.10. The second kappa shape index (κ2) is 11.6. The quantitative estimate of drug-likeness (QED) is 0.513. The lowest BCUT2D eigenvalue weighted by Crippen LogP contribution is -2.41. The third kappa shape index (κ3) is 8.86. The predicted molar refractivity (Wildman–Crippen MR) is 114 cm³/mol. The van der Waals surface area contributed by atoms with Crippen LogP contribution in [0.3, 0.4) is 0 Å². The van der Waals surface area contributed by atoms with Crippen molar-refractivity contribution in [1.82, 2.24) is 19.7 Å². The predicted octanol–water partition coefficient (Wildman–Crippen LogP) is 1.78. The SMILES string of the molecule is C=C(C)OC(=O)CN1CCN(C)CCN(CC(=O)OC(=C)C)Cc2cccc(n2)C1. The maximum Gasteiger partial charge on any atom is 0.325 e. The molecular weight excluding hydrogens is 384 g/mol. The molecule has 0 unspecified atom stereocenters. The Morgan fingerprint density at radius 1 is 0.900 bits per heavy atom. The van der Waals surface area contributed by atoms with Gasteiger partial charge in [0.2, 0.25) is 0 Å². The lowest BCUT2D eigenvalue weighted by molar-refractivity contribution is -0.141. The molecule has 1 aromatic rings. The van der Waals surface area contributed by atoms with Gasteiger partial charge in [-0.05, 0) is 33.0 Å². The van der Waals surface area contributed by atoms with E-state index in [0.717, 1.165) is 24.5 Å². The largest absolute Gasteiger partial charge is 0.431 e. The van der Waals surface area contributed by atoms with Crippen molar-refractivity contribution < 1.29 is 19.1 Å². The summed E-state index contributed by atoms with van der Waals surface area (Å²) in [4.78, 5) is 35.2. The lowest BCUT2D eigenvalue weighted by Gasteiger charge is -2.28. The van der Waals surface area contributed by atoms with E-state index in [1.54, 1.807) is 13.8 Å². The molecule has 0 aliphatic carbocycles. The zero-order chi connectivity index (χ0) is 22.1. The van der Waals surface area contributed by atoms with E-state index in [1.807, 2.05) is 35.0 Å². The molecule has 1 aliphatic heterocycles. The van der Waals surface area contributed by atoms with E-state index in [0.29, 0.717) is 37.7 Å². The summed E-state index contributed by atoms with van der Waals surface area (Å²) in [7, 11) is 2.03. The van der Waals surface area contributed by atoms with Crippen LogP contribution in [0.2, 0.25) is 0 Å². The number of esters is 2. The molecule has 30 heavy (non-hydrogen) atoms. The van der Waals surface area contributed by atoms with Crippen molar-refractivity contribution in [2.24, 2.45) is 0 Å². The maximum atomic E-state index is 12.1. The van der Waals surface area contributed by atoms with Crippen molar-refractivity contribution in [3.05, 3.63) is 54.3 Å². The number of rotatable bonds is 6. The highest BCUT2D eigenvalue weighted by Gasteiger charge is 2.18. The zero-order valence-corrected chi connectivity index (χ0v) is 18.2. The third-order valence-electron chi connectivity index (χ3n) is 4.51. The minimum Gasteiger partial charge on any atom is -0.431 e. The van der Waals surface area contributed by atoms with E-state index in [-0.39, 0.29) is 25.0 Å². The van der Waals surface area contributed by atoms with Gasteiger partial charge in [0.15, 0.2) is 0 Å². The fraction of sp³-hybridized carbons (Fsp3) is 0.500. The molecule has 0 N–H and O–H groups in total. The molecule has 0 radical (unpaired) electrons. The Bertz CT molecular complexity index is 721. The second-order valence-electron chi connectivity index (χ2n) is 7.70. The molecule has 8 nitrogen and oxygen atoms in total. The number of pyridine rings is 1. The Hall–Kier alpha value is -2.55. The van der Waals surface area contributed by atoms with Gasteiger partial charge in [-0.15, -0.1) is 0 Å². The number of ether oxygens (including phenoxy) is 2. The van der Waals surface area contributed by atoms with Gasteiger partial charge in [-0.2, -0.15) is 0 Å². The van der Waals surface area contributed by atoms with Crippen LogP contribution in [-0.2, 0) is 32.2 Å². The topological polar surface area (TPSA) is 75.2 Å². The van der Waals surface area contributed by atoms with Crippen LogP contribution in [0.25, 0.3) is 0 Å². The molecule has 8 heteroatoms. The van der Waals surface area contributed by atoms with Gasteiger partial charge in [-0.25, -0.2) is 0 Å². The van der Waals surface area contributed by atoms with Crippen molar-refractivity contribution in [2.45, 2.75) is 26.9 Å². The first kappa shape index (κ1) is 23.7. The molecule has 2 rings (SSSR count). The molecule has 1 aromatic heterocycles. The monoisotopic (exact) mass is 416 g/mol. The van der Waals surface area contributed by atoms with Crippen LogP contribution >= 0.6 is 0 Å². The second-order valence-corrected chi connectivity index (χ2v) is 7.70. The molecule has 0 atom stereocenters. The molecule has 0 spiro atoms.